The average molecular weight is 308 g/mol. The highest BCUT2D eigenvalue weighted by atomic mass is 16.6. The zero-order valence-corrected chi connectivity index (χ0v) is 11.4. The molecule has 0 saturated heterocycles. The van der Waals surface area contributed by atoms with E-state index in [1.54, 1.807) is 0 Å². The summed E-state index contributed by atoms with van der Waals surface area (Å²) in [5, 5.41) is 40.8. The summed E-state index contributed by atoms with van der Waals surface area (Å²) in [7, 11) is 1.18. The van der Waals surface area contributed by atoms with Gasteiger partial charge in [0.15, 0.2) is 6.10 Å². The summed E-state index contributed by atoms with van der Waals surface area (Å²) >= 11 is 0. The lowest BCUT2D eigenvalue weighted by Crippen LogP contribution is -2.65. The first-order valence-corrected chi connectivity index (χ1v) is 6.24. The van der Waals surface area contributed by atoms with Gasteiger partial charge < -0.3 is 41.0 Å². The van der Waals surface area contributed by atoms with Crippen LogP contribution in [-0.4, -0.2) is 89.1 Å². The normalized spacial score (nSPS) is 36.1. The van der Waals surface area contributed by atoms with Crippen LogP contribution in [0.5, 0.6) is 0 Å². The maximum atomic E-state index is 11.6. The van der Waals surface area contributed by atoms with E-state index in [2.05, 4.69) is 5.32 Å². The van der Waals surface area contributed by atoms with E-state index in [0.717, 1.165) is 0 Å². The highest BCUT2D eigenvalue weighted by molar-refractivity contribution is 5.83. The Morgan fingerprint density at radius 2 is 1.57 bits per heavy atom. The standard InChI is InChI=1S/C11H20N2O8/c1-20-10-8(18)6(16)7(17)9(19)11(10)21-5(15)3-13-4(14)2-12/h6-11,16-19H,2-3,12H2,1H3,(H,13,14). The molecular weight excluding hydrogens is 288 g/mol. The second kappa shape index (κ2) is 7.64. The molecule has 0 heterocycles. The van der Waals surface area contributed by atoms with Gasteiger partial charge in [0.2, 0.25) is 5.91 Å². The highest BCUT2D eigenvalue weighted by Crippen LogP contribution is 2.25. The van der Waals surface area contributed by atoms with Crippen molar-refractivity contribution in [3.05, 3.63) is 0 Å². The van der Waals surface area contributed by atoms with Crippen LogP contribution in [0, 0.1) is 0 Å². The minimum atomic E-state index is -1.71. The molecule has 1 aliphatic rings. The number of amides is 1. The number of carbonyl (C=O) groups excluding carboxylic acids is 2. The van der Waals surface area contributed by atoms with Crippen molar-refractivity contribution in [1.82, 2.24) is 5.32 Å². The molecule has 0 aromatic carbocycles. The van der Waals surface area contributed by atoms with Crippen LogP contribution in [0.1, 0.15) is 0 Å². The number of rotatable bonds is 5. The first kappa shape index (κ1) is 17.8. The van der Waals surface area contributed by atoms with E-state index >= 15 is 0 Å². The van der Waals surface area contributed by atoms with Crippen LogP contribution in [0.25, 0.3) is 0 Å². The van der Waals surface area contributed by atoms with Crippen LogP contribution >= 0.6 is 0 Å². The van der Waals surface area contributed by atoms with Gasteiger partial charge in [-0.1, -0.05) is 0 Å². The third-order valence-corrected chi connectivity index (χ3v) is 3.20. The molecule has 6 atom stereocenters. The molecule has 1 fully saturated rings. The van der Waals surface area contributed by atoms with E-state index in [0.29, 0.717) is 0 Å². The quantitative estimate of drug-likeness (QED) is 0.273. The fraction of sp³-hybridized carbons (Fsp3) is 0.818. The summed E-state index contributed by atoms with van der Waals surface area (Å²) in [4.78, 5) is 22.5. The van der Waals surface area contributed by atoms with E-state index in [4.69, 9.17) is 15.2 Å². The van der Waals surface area contributed by atoms with Gasteiger partial charge >= 0.3 is 5.97 Å². The number of nitrogens with one attached hydrogen (secondary N) is 1. The molecule has 1 amide bonds. The van der Waals surface area contributed by atoms with Crippen molar-refractivity contribution < 1.29 is 39.5 Å². The summed E-state index contributed by atoms with van der Waals surface area (Å²) in [6, 6.07) is 0. The molecule has 0 radical (unpaired) electrons. The number of hydrogen-bond acceptors (Lipinski definition) is 9. The van der Waals surface area contributed by atoms with Crippen LogP contribution < -0.4 is 11.1 Å². The van der Waals surface area contributed by atoms with Crippen molar-refractivity contribution >= 4 is 11.9 Å². The smallest absolute Gasteiger partial charge is 0.325 e. The van der Waals surface area contributed by atoms with Crippen LogP contribution in [0.4, 0.5) is 0 Å². The molecule has 0 aromatic rings. The van der Waals surface area contributed by atoms with Crippen molar-refractivity contribution in [3.63, 3.8) is 0 Å². The fourth-order valence-electron chi connectivity index (χ4n) is 2.03. The highest BCUT2D eigenvalue weighted by Gasteiger charge is 2.51. The molecule has 1 saturated carbocycles. The molecule has 0 spiro atoms. The molecule has 7 N–H and O–H groups in total. The Hall–Kier alpha value is -1.30. The molecule has 6 unspecified atom stereocenters. The second-order valence-electron chi connectivity index (χ2n) is 4.60. The van der Waals surface area contributed by atoms with Crippen LogP contribution in [0.15, 0.2) is 0 Å². The van der Waals surface area contributed by atoms with Crippen molar-refractivity contribution in [2.24, 2.45) is 5.73 Å². The Kier molecular flexibility index (Phi) is 6.45. The van der Waals surface area contributed by atoms with Gasteiger partial charge in [-0.25, -0.2) is 0 Å². The Labute approximate surface area is 120 Å². The number of methoxy groups -OCH3 is 1. The molecule has 122 valence electrons. The molecule has 0 bridgehead atoms. The first-order chi connectivity index (χ1) is 9.83. The first-order valence-electron chi connectivity index (χ1n) is 6.24. The molecular formula is C11H20N2O8. The topological polar surface area (TPSA) is 172 Å². The van der Waals surface area contributed by atoms with Gasteiger partial charge in [0.05, 0.1) is 6.54 Å². The van der Waals surface area contributed by atoms with E-state index in [9.17, 15) is 30.0 Å². The summed E-state index contributed by atoms with van der Waals surface area (Å²) < 4.78 is 9.78. The number of esters is 1. The van der Waals surface area contributed by atoms with Gasteiger partial charge in [-0.2, -0.15) is 0 Å². The van der Waals surface area contributed by atoms with Crippen molar-refractivity contribution in [3.8, 4) is 0 Å². The monoisotopic (exact) mass is 308 g/mol. The number of nitrogens with two attached hydrogens (primary N) is 1. The summed E-state index contributed by atoms with van der Waals surface area (Å²) in [6.07, 6.45) is -9.18. The fourth-order valence-corrected chi connectivity index (χ4v) is 2.03. The molecule has 21 heavy (non-hydrogen) atoms. The van der Waals surface area contributed by atoms with Gasteiger partial charge in [-0.15, -0.1) is 0 Å². The zero-order valence-electron chi connectivity index (χ0n) is 11.4. The van der Waals surface area contributed by atoms with Crippen LogP contribution in [-0.2, 0) is 19.1 Å². The lowest BCUT2D eigenvalue weighted by molar-refractivity contribution is -0.238. The number of aliphatic hydroxyl groups excluding tert-OH is 4. The van der Waals surface area contributed by atoms with Gasteiger partial charge in [0.25, 0.3) is 0 Å². The van der Waals surface area contributed by atoms with Crippen molar-refractivity contribution in [2.45, 2.75) is 36.6 Å². The van der Waals surface area contributed by atoms with Gasteiger partial charge in [0.1, 0.15) is 37.1 Å². The third-order valence-electron chi connectivity index (χ3n) is 3.20. The lowest BCUT2D eigenvalue weighted by Gasteiger charge is -2.42. The Bertz CT molecular complexity index is 379. The Balaban J connectivity index is 2.69. The largest absolute Gasteiger partial charge is 0.455 e. The van der Waals surface area contributed by atoms with Crippen molar-refractivity contribution in [2.75, 3.05) is 20.2 Å². The van der Waals surface area contributed by atoms with Crippen LogP contribution in [0.3, 0.4) is 0 Å². The Morgan fingerprint density at radius 1 is 1.05 bits per heavy atom. The van der Waals surface area contributed by atoms with Crippen LogP contribution in [0.2, 0.25) is 0 Å². The zero-order chi connectivity index (χ0) is 16.2. The maximum Gasteiger partial charge on any atom is 0.325 e. The molecule has 0 aliphatic heterocycles. The SMILES string of the molecule is COC1C(O)C(O)C(O)C(O)C1OC(=O)CNC(=O)CN. The third kappa shape index (κ3) is 4.09. The molecule has 10 heteroatoms. The van der Waals surface area contributed by atoms with E-state index < -0.39 is 55.0 Å². The number of aliphatic hydroxyl groups is 4. The molecule has 0 aromatic heterocycles. The number of ether oxygens (including phenoxy) is 2. The lowest BCUT2D eigenvalue weighted by atomic mass is 9.84. The molecule has 1 aliphatic carbocycles. The van der Waals surface area contributed by atoms with Gasteiger partial charge in [0, 0.05) is 7.11 Å². The maximum absolute atomic E-state index is 11.6. The molecule has 1 rings (SSSR count). The predicted octanol–water partition coefficient (Wildman–Crippen LogP) is -4.55. The van der Waals surface area contributed by atoms with E-state index in [-0.39, 0.29) is 6.54 Å². The Morgan fingerprint density at radius 3 is 2.05 bits per heavy atom. The van der Waals surface area contributed by atoms with Crippen molar-refractivity contribution in [1.29, 1.82) is 0 Å². The molecule has 10 nitrogen and oxygen atoms in total. The number of carbonyl (C=O) groups is 2. The summed E-state index contributed by atoms with van der Waals surface area (Å²) in [6.45, 7) is -0.798. The summed E-state index contributed by atoms with van der Waals surface area (Å²) in [5.74, 6) is -1.49. The van der Waals surface area contributed by atoms with Gasteiger partial charge in [-0.05, 0) is 0 Å². The second-order valence-corrected chi connectivity index (χ2v) is 4.60. The average Bonchev–Trinajstić information content (AvgIpc) is 2.48. The predicted molar refractivity (Wildman–Crippen MR) is 66.8 cm³/mol. The van der Waals surface area contributed by atoms with Gasteiger partial charge in [-0.3, -0.25) is 9.59 Å². The summed E-state index contributed by atoms with van der Waals surface area (Å²) in [5.41, 5.74) is 5.04. The van der Waals surface area contributed by atoms with E-state index in [1.807, 2.05) is 0 Å². The minimum Gasteiger partial charge on any atom is -0.455 e. The van der Waals surface area contributed by atoms with E-state index in [1.165, 1.54) is 7.11 Å². The number of hydrogen-bond donors (Lipinski definition) is 6. The minimum absolute atomic E-state index is 0.302.